The summed E-state index contributed by atoms with van der Waals surface area (Å²) >= 11 is 12.4. The summed E-state index contributed by atoms with van der Waals surface area (Å²) in [7, 11) is 0. The van der Waals surface area contributed by atoms with Crippen LogP contribution in [0.1, 0.15) is 24.7 Å². The van der Waals surface area contributed by atoms with Crippen LogP contribution in [0.3, 0.4) is 0 Å². The summed E-state index contributed by atoms with van der Waals surface area (Å²) in [5.74, 6) is 1.11. The van der Waals surface area contributed by atoms with E-state index in [-0.39, 0.29) is 5.82 Å². The van der Waals surface area contributed by atoms with E-state index in [1.807, 2.05) is 10.7 Å². The first-order chi connectivity index (χ1) is 10.1. The lowest BCUT2D eigenvalue weighted by Gasteiger charge is -2.30. The fourth-order valence-corrected chi connectivity index (χ4v) is 3.11. The molecular formula is C15H18Cl2FN3. The number of nitrogens with zero attached hydrogens (tertiary/aromatic N) is 3. The Morgan fingerprint density at radius 3 is 2.67 bits per heavy atom. The van der Waals surface area contributed by atoms with E-state index in [9.17, 15) is 4.39 Å². The molecule has 3 nitrogen and oxygen atoms in total. The maximum atomic E-state index is 13.5. The van der Waals surface area contributed by atoms with Gasteiger partial charge >= 0.3 is 0 Å². The zero-order valence-corrected chi connectivity index (χ0v) is 13.4. The first-order valence-corrected chi connectivity index (χ1v) is 7.97. The summed E-state index contributed by atoms with van der Waals surface area (Å²) in [6, 6.07) is 6.44. The Bertz CT molecular complexity index is 582. The number of hydrogen-bond donors (Lipinski definition) is 0. The summed E-state index contributed by atoms with van der Waals surface area (Å²) in [5, 5.41) is 4.22. The number of hydrogen-bond acceptors (Lipinski definition) is 2. The van der Waals surface area contributed by atoms with Crippen LogP contribution in [0.25, 0.3) is 0 Å². The molecule has 2 rings (SSSR count). The zero-order chi connectivity index (χ0) is 15.3. The molecule has 0 unspecified atom stereocenters. The van der Waals surface area contributed by atoms with Crippen molar-refractivity contribution in [1.29, 1.82) is 0 Å². The van der Waals surface area contributed by atoms with Gasteiger partial charge in [0.2, 0.25) is 0 Å². The fourth-order valence-electron chi connectivity index (χ4n) is 2.33. The van der Waals surface area contributed by atoms with Gasteiger partial charge in [-0.15, -0.1) is 23.2 Å². The van der Waals surface area contributed by atoms with Crippen molar-refractivity contribution in [2.75, 3.05) is 11.8 Å². The van der Waals surface area contributed by atoms with Crippen LogP contribution in [-0.4, -0.2) is 26.5 Å². The second-order valence-electron chi connectivity index (χ2n) is 5.13. The van der Waals surface area contributed by atoms with E-state index < -0.39 is 5.41 Å². The van der Waals surface area contributed by atoms with Crippen LogP contribution in [0.4, 0.5) is 4.39 Å². The van der Waals surface area contributed by atoms with Gasteiger partial charge in [-0.05, 0) is 24.1 Å². The number of aryl methyl sites for hydroxylation is 1. The van der Waals surface area contributed by atoms with E-state index in [4.69, 9.17) is 23.2 Å². The van der Waals surface area contributed by atoms with Gasteiger partial charge in [0.05, 0.1) is 0 Å². The predicted molar refractivity (Wildman–Crippen MR) is 83.5 cm³/mol. The largest absolute Gasteiger partial charge is 0.250 e. The third-order valence-electron chi connectivity index (χ3n) is 3.58. The van der Waals surface area contributed by atoms with Crippen LogP contribution in [0.15, 0.2) is 30.6 Å². The molecular weight excluding hydrogens is 312 g/mol. The first-order valence-electron chi connectivity index (χ1n) is 6.90. The van der Waals surface area contributed by atoms with Crippen LogP contribution in [0.5, 0.6) is 0 Å². The second-order valence-corrected chi connectivity index (χ2v) is 5.67. The Labute approximate surface area is 134 Å². The minimum atomic E-state index is -0.552. The lowest BCUT2D eigenvalue weighted by Crippen LogP contribution is -2.34. The molecule has 114 valence electrons. The molecule has 0 amide bonds. The molecule has 0 aliphatic rings. The Hall–Kier alpha value is -1.13. The highest BCUT2D eigenvalue weighted by Crippen LogP contribution is 2.31. The average molecular weight is 330 g/mol. The van der Waals surface area contributed by atoms with Crippen molar-refractivity contribution in [2.45, 2.75) is 31.7 Å². The van der Waals surface area contributed by atoms with Gasteiger partial charge in [0.25, 0.3) is 0 Å². The minimum Gasteiger partial charge on any atom is -0.250 e. The molecule has 0 aliphatic heterocycles. The van der Waals surface area contributed by atoms with Gasteiger partial charge in [-0.1, -0.05) is 19.1 Å². The molecule has 1 aromatic heterocycles. The van der Waals surface area contributed by atoms with E-state index in [0.29, 0.717) is 18.2 Å². The molecule has 0 N–H and O–H groups in total. The molecule has 6 heteroatoms. The van der Waals surface area contributed by atoms with Crippen LogP contribution < -0.4 is 0 Å². The second kappa shape index (κ2) is 7.23. The van der Waals surface area contributed by atoms with E-state index in [2.05, 4.69) is 17.0 Å². The molecule has 0 fully saturated rings. The van der Waals surface area contributed by atoms with E-state index in [1.165, 1.54) is 18.5 Å². The van der Waals surface area contributed by atoms with Crippen LogP contribution in [0, 0.1) is 5.82 Å². The monoisotopic (exact) mass is 329 g/mol. The van der Waals surface area contributed by atoms with Gasteiger partial charge in [-0.25, -0.2) is 9.37 Å². The van der Waals surface area contributed by atoms with Crippen LogP contribution in [-0.2, 0) is 18.4 Å². The van der Waals surface area contributed by atoms with E-state index >= 15 is 0 Å². The number of alkyl halides is 2. The van der Waals surface area contributed by atoms with Crippen molar-refractivity contribution < 1.29 is 4.39 Å². The van der Waals surface area contributed by atoms with Gasteiger partial charge in [0.1, 0.15) is 18.0 Å². The molecule has 21 heavy (non-hydrogen) atoms. The molecule has 0 aliphatic carbocycles. The third kappa shape index (κ3) is 3.55. The van der Waals surface area contributed by atoms with Gasteiger partial charge < -0.3 is 0 Å². The van der Waals surface area contributed by atoms with Crippen molar-refractivity contribution in [3.63, 3.8) is 0 Å². The van der Waals surface area contributed by atoms with Crippen molar-refractivity contribution in [3.05, 3.63) is 47.8 Å². The molecule has 0 spiro atoms. The summed E-state index contributed by atoms with van der Waals surface area (Å²) < 4.78 is 15.4. The Kier molecular flexibility index (Phi) is 5.59. The number of rotatable bonds is 7. The van der Waals surface area contributed by atoms with Gasteiger partial charge in [-0.2, -0.15) is 5.10 Å². The van der Waals surface area contributed by atoms with Gasteiger partial charge in [-0.3, -0.25) is 4.68 Å². The summed E-state index contributed by atoms with van der Waals surface area (Å²) in [4.78, 5) is 4.30. The summed E-state index contributed by atoms with van der Waals surface area (Å²) in [6.07, 6.45) is 3.03. The topological polar surface area (TPSA) is 30.7 Å². The molecule has 0 atom stereocenters. The zero-order valence-electron chi connectivity index (χ0n) is 11.9. The third-order valence-corrected chi connectivity index (χ3v) is 4.60. The summed E-state index contributed by atoms with van der Waals surface area (Å²) in [5.41, 5.74) is 0.238. The van der Waals surface area contributed by atoms with Crippen LogP contribution in [0.2, 0.25) is 0 Å². The molecule has 0 saturated heterocycles. The van der Waals surface area contributed by atoms with Crippen molar-refractivity contribution in [2.24, 2.45) is 0 Å². The lowest BCUT2D eigenvalue weighted by atomic mass is 9.80. The quantitative estimate of drug-likeness (QED) is 0.723. The van der Waals surface area contributed by atoms with Gasteiger partial charge in [0.15, 0.2) is 0 Å². The lowest BCUT2D eigenvalue weighted by molar-refractivity contribution is 0.478. The highest BCUT2D eigenvalue weighted by atomic mass is 35.5. The minimum absolute atomic E-state index is 0.290. The number of benzene rings is 1. The Morgan fingerprint density at radius 1 is 1.29 bits per heavy atom. The number of halogens is 3. The molecule has 2 aromatic rings. The van der Waals surface area contributed by atoms with Gasteiger partial charge in [0, 0.05) is 30.1 Å². The number of aromatic nitrogens is 3. The maximum absolute atomic E-state index is 13.5. The van der Waals surface area contributed by atoms with E-state index in [1.54, 1.807) is 6.07 Å². The summed E-state index contributed by atoms with van der Waals surface area (Å²) in [6.45, 7) is 2.87. The molecule has 1 aromatic carbocycles. The standard InChI is InChI=1S/C15H18Cl2FN3/c1-2-6-21-14(19-11-20-21)8-15(9-16,10-17)12-4-3-5-13(18)7-12/h3-5,7,11H,2,6,8-10H2,1H3. The van der Waals surface area contributed by atoms with E-state index in [0.717, 1.165) is 24.4 Å². The predicted octanol–water partition coefficient (Wildman–Crippen LogP) is 3.79. The Morgan fingerprint density at radius 2 is 2.05 bits per heavy atom. The highest BCUT2D eigenvalue weighted by Gasteiger charge is 2.33. The van der Waals surface area contributed by atoms with Crippen molar-refractivity contribution >= 4 is 23.2 Å². The normalized spacial score (nSPS) is 11.8. The average Bonchev–Trinajstić information content (AvgIpc) is 2.92. The molecule has 1 heterocycles. The van der Waals surface area contributed by atoms with Crippen molar-refractivity contribution in [1.82, 2.24) is 14.8 Å². The maximum Gasteiger partial charge on any atom is 0.138 e. The van der Waals surface area contributed by atoms with Crippen LogP contribution >= 0.6 is 23.2 Å². The Balaban J connectivity index is 2.36. The molecule has 0 saturated carbocycles. The highest BCUT2D eigenvalue weighted by molar-refractivity contribution is 6.22. The smallest absolute Gasteiger partial charge is 0.138 e. The first kappa shape index (κ1) is 16.2. The SMILES string of the molecule is CCCn1ncnc1CC(CCl)(CCl)c1cccc(F)c1. The molecule has 0 radical (unpaired) electrons. The van der Waals surface area contributed by atoms with Crippen molar-refractivity contribution in [3.8, 4) is 0 Å². The fraction of sp³-hybridized carbons (Fsp3) is 0.467. The molecule has 0 bridgehead atoms.